The van der Waals surface area contributed by atoms with Gasteiger partial charge in [0.15, 0.2) is 0 Å². The molecule has 0 radical (unpaired) electrons. The molecule has 4 aromatic carbocycles. The standard InChI is InChI=1S/C13H9.C13H13.2ClH.Zr/c1-3-7-12-10(5-1)9-11-6-2-4-8-13(11)12;1-10-8-11(2)13(9-10)12-6-4-3-5-7-12;;;/h1-5,7-8H,9H2;3-9H,1-2H3;2*1H;/q2*-1;;;+4/p-2. The van der Waals surface area contributed by atoms with Crippen LogP contribution in [0.2, 0.25) is 0 Å². The van der Waals surface area contributed by atoms with Crippen LogP contribution in [0.25, 0.3) is 22.3 Å². The van der Waals surface area contributed by atoms with Crippen LogP contribution in [0.15, 0.2) is 84.9 Å². The summed E-state index contributed by atoms with van der Waals surface area (Å²) in [5, 5.41) is 0. The van der Waals surface area contributed by atoms with E-state index in [1.165, 1.54) is 44.5 Å². The zero-order chi connectivity index (χ0) is 17.9. The van der Waals surface area contributed by atoms with Crippen LogP contribution in [0.5, 0.6) is 0 Å². The molecule has 0 amide bonds. The number of hydrogen-bond acceptors (Lipinski definition) is 0. The minimum Gasteiger partial charge on any atom is -1.00 e. The van der Waals surface area contributed by atoms with Crippen LogP contribution in [-0.2, 0) is 32.6 Å². The van der Waals surface area contributed by atoms with E-state index >= 15 is 0 Å². The molecule has 4 aromatic rings. The van der Waals surface area contributed by atoms with Crippen LogP contribution in [0.4, 0.5) is 0 Å². The summed E-state index contributed by atoms with van der Waals surface area (Å²) in [5.74, 6) is 0. The average Bonchev–Trinajstić information content (AvgIpc) is 3.22. The Kier molecular flexibility index (Phi) is 10.2. The molecular formula is C26H22Cl2Zr. The summed E-state index contributed by atoms with van der Waals surface area (Å²) in [6.45, 7) is 4.30. The molecule has 0 heterocycles. The molecule has 0 spiro atoms. The van der Waals surface area contributed by atoms with Crippen molar-refractivity contribution in [3.8, 4) is 22.3 Å². The summed E-state index contributed by atoms with van der Waals surface area (Å²) in [6.07, 6.45) is 1.05. The van der Waals surface area contributed by atoms with Crippen LogP contribution >= 0.6 is 0 Å². The molecule has 5 rings (SSSR count). The Hall–Kier alpha value is -1.53. The van der Waals surface area contributed by atoms with Gasteiger partial charge in [-0.3, -0.25) is 0 Å². The maximum atomic E-state index is 3.30. The molecule has 0 atom stereocenters. The number of benzene rings is 3. The van der Waals surface area contributed by atoms with Crippen molar-refractivity contribution in [1.29, 1.82) is 0 Å². The quantitative estimate of drug-likeness (QED) is 0.301. The van der Waals surface area contributed by atoms with Gasteiger partial charge < -0.3 is 24.8 Å². The summed E-state index contributed by atoms with van der Waals surface area (Å²) in [7, 11) is 0. The molecule has 0 bridgehead atoms. The van der Waals surface area contributed by atoms with E-state index in [-0.39, 0.29) is 51.0 Å². The SMILES string of the molecule is Cc1cc(-c2ccccc2)c(C)[cH-]1.[Cl-].[Cl-].[Zr+4].[c-]1cccc2c1Cc1ccccc1-2. The van der Waals surface area contributed by atoms with Gasteiger partial charge in [0.25, 0.3) is 0 Å². The normalized spacial score (nSPS) is 10.1. The average molecular weight is 497 g/mol. The number of hydrogen-bond donors (Lipinski definition) is 0. The summed E-state index contributed by atoms with van der Waals surface area (Å²) in [5.41, 5.74) is 10.9. The first kappa shape index (κ1) is 25.5. The van der Waals surface area contributed by atoms with Gasteiger partial charge in [-0.1, -0.05) is 85.1 Å². The molecule has 0 N–H and O–H groups in total. The molecule has 3 heteroatoms. The molecule has 0 nitrogen and oxygen atoms in total. The van der Waals surface area contributed by atoms with Gasteiger partial charge in [-0.25, -0.2) is 6.07 Å². The molecular weight excluding hydrogens is 474 g/mol. The van der Waals surface area contributed by atoms with E-state index < -0.39 is 0 Å². The first-order valence-electron chi connectivity index (χ1n) is 9.09. The molecule has 0 aliphatic heterocycles. The summed E-state index contributed by atoms with van der Waals surface area (Å²) < 4.78 is 0. The Bertz CT molecular complexity index is 992. The van der Waals surface area contributed by atoms with Crippen molar-refractivity contribution in [2.24, 2.45) is 0 Å². The topological polar surface area (TPSA) is 0 Å². The fraction of sp³-hybridized carbons (Fsp3) is 0.115. The molecule has 144 valence electrons. The third-order valence-electron chi connectivity index (χ3n) is 4.94. The number of aryl methyl sites for hydroxylation is 2. The van der Waals surface area contributed by atoms with Gasteiger partial charge in [0, 0.05) is 0 Å². The van der Waals surface area contributed by atoms with E-state index in [1.807, 2.05) is 6.07 Å². The number of fused-ring (bicyclic) bond motifs is 3. The van der Waals surface area contributed by atoms with Crippen LogP contribution in [-0.4, -0.2) is 0 Å². The van der Waals surface area contributed by atoms with E-state index in [4.69, 9.17) is 0 Å². The summed E-state index contributed by atoms with van der Waals surface area (Å²) in [6, 6.07) is 33.1. The molecule has 0 aromatic heterocycles. The van der Waals surface area contributed by atoms with Gasteiger partial charge in [-0.05, 0) is 6.42 Å². The van der Waals surface area contributed by atoms with Crippen LogP contribution in [0.1, 0.15) is 22.3 Å². The van der Waals surface area contributed by atoms with Crippen molar-refractivity contribution in [2.45, 2.75) is 20.3 Å². The van der Waals surface area contributed by atoms with E-state index in [2.05, 4.69) is 98.8 Å². The van der Waals surface area contributed by atoms with Crippen LogP contribution < -0.4 is 24.8 Å². The molecule has 0 fully saturated rings. The first-order chi connectivity index (χ1) is 12.7. The van der Waals surface area contributed by atoms with Crippen LogP contribution in [0, 0.1) is 19.9 Å². The maximum Gasteiger partial charge on any atom is 4.00 e. The second-order valence-electron chi connectivity index (χ2n) is 6.89. The smallest absolute Gasteiger partial charge is 1.00 e. The Labute approximate surface area is 205 Å². The Balaban J connectivity index is 0.000000263. The second kappa shape index (κ2) is 11.6. The Morgan fingerprint density at radius 3 is 2.10 bits per heavy atom. The van der Waals surface area contributed by atoms with Gasteiger partial charge in [0.1, 0.15) is 0 Å². The van der Waals surface area contributed by atoms with Crippen molar-refractivity contribution in [2.75, 3.05) is 0 Å². The van der Waals surface area contributed by atoms with Gasteiger partial charge in [0.2, 0.25) is 0 Å². The first-order valence-corrected chi connectivity index (χ1v) is 9.09. The molecule has 1 aliphatic carbocycles. The van der Waals surface area contributed by atoms with Crippen molar-refractivity contribution < 1.29 is 51.0 Å². The largest absolute Gasteiger partial charge is 4.00 e. The Morgan fingerprint density at radius 1 is 0.759 bits per heavy atom. The number of halogens is 2. The molecule has 0 saturated carbocycles. The monoisotopic (exact) mass is 494 g/mol. The molecule has 1 aliphatic rings. The third-order valence-corrected chi connectivity index (χ3v) is 4.94. The summed E-state index contributed by atoms with van der Waals surface area (Å²) in [4.78, 5) is 0. The van der Waals surface area contributed by atoms with E-state index in [1.54, 1.807) is 0 Å². The maximum absolute atomic E-state index is 3.30. The van der Waals surface area contributed by atoms with E-state index in [9.17, 15) is 0 Å². The fourth-order valence-electron chi connectivity index (χ4n) is 3.73. The third kappa shape index (κ3) is 5.76. The van der Waals surface area contributed by atoms with Crippen molar-refractivity contribution in [3.05, 3.63) is 113 Å². The minimum absolute atomic E-state index is 0. The van der Waals surface area contributed by atoms with Crippen molar-refractivity contribution in [1.82, 2.24) is 0 Å². The van der Waals surface area contributed by atoms with Crippen LogP contribution in [0.3, 0.4) is 0 Å². The van der Waals surface area contributed by atoms with Gasteiger partial charge in [-0.15, -0.1) is 5.56 Å². The Morgan fingerprint density at radius 2 is 1.41 bits per heavy atom. The van der Waals surface area contributed by atoms with Crippen molar-refractivity contribution >= 4 is 0 Å². The molecule has 0 saturated heterocycles. The van der Waals surface area contributed by atoms with Crippen molar-refractivity contribution in [3.63, 3.8) is 0 Å². The van der Waals surface area contributed by atoms with Gasteiger partial charge >= 0.3 is 26.2 Å². The van der Waals surface area contributed by atoms with Gasteiger partial charge in [0.05, 0.1) is 0 Å². The zero-order valence-electron chi connectivity index (χ0n) is 16.5. The van der Waals surface area contributed by atoms with E-state index in [0.29, 0.717) is 0 Å². The predicted octanol–water partition coefficient (Wildman–Crippen LogP) is 0.753. The second-order valence-corrected chi connectivity index (χ2v) is 6.89. The summed E-state index contributed by atoms with van der Waals surface area (Å²) >= 11 is 0. The number of rotatable bonds is 1. The fourth-order valence-corrected chi connectivity index (χ4v) is 3.73. The molecule has 29 heavy (non-hydrogen) atoms. The zero-order valence-corrected chi connectivity index (χ0v) is 20.5. The van der Waals surface area contributed by atoms with E-state index in [0.717, 1.165) is 6.42 Å². The van der Waals surface area contributed by atoms with Gasteiger partial charge in [-0.2, -0.15) is 52.6 Å². The minimum atomic E-state index is 0. The molecule has 0 unspecified atom stereocenters. The predicted molar refractivity (Wildman–Crippen MR) is 110 cm³/mol.